The Morgan fingerprint density at radius 3 is 1.25 bits per heavy atom. The topological polar surface area (TPSA) is 9.23 Å². The molecule has 2 aromatic rings. The molecule has 84 valence electrons. The lowest BCUT2D eigenvalue weighted by Gasteiger charge is -2.05. The summed E-state index contributed by atoms with van der Waals surface area (Å²) in [5.41, 5.74) is 0. The van der Waals surface area contributed by atoms with Crippen molar-refractivity contribution in [2.75, 3.05) is 0 Å². The van der Waals surface area contributed by atoms with Crippen molar-refractivity contribution in [2.24, 2.45) is 0 Å². The average molecular weight is 273 g/mol. The van der Waals surface area contributed by atoms with Crippen molar-refractivity contribution in [1.29, 1.82) is 0 Å². The Labute approximate surface area is 108 Å². The quantitative estimate of drug-likeness (QED) is 0.711. The molecule has 0 spiro atoms. The molecule has 0 saturated carbocycles. The van der Waals surface area contributed by atoms with E-state index in [-0.39, 0.29) is 9.90 Å². The molecule has 0 aromatic heterocycles. The lowest BCUT2D eigenvalue weighted by Crippen LogP contribution is -1.82. The number of hydrogen-bond donors (Lipinski definition) is 0. The Bertz CT molecular complexity index is 396. The van der Waals surface area contributed by atoms with Crippen LogP contribution < -0.4 is 4.74 Å². The van der Waals surface area contributed by atoms with Gasteiger partial charge in [-0.2, -0.15) is 9.90 Å². The maximum absolute atomic E-state index is 5.76. The first-order valence-corrected chi connectivity index (χ1v) is 5.18. The molecule has 16 heavy (non-hydrogen) atoms. The van der Waals surface area contributed by atoms with E-state index in [0.717, 1.165) is 11.5 Å². The summed E-state index contributed by atoms with van der Waals surface area (Å²) in [6.45, 7) is 0. The van der Waals surface area contributed by atoms with Gasteiger partial charge in [0.15, 0.2) is 0 Å². The fourth-order valence-corrected chi connectivity index (χ4v) is 1.39. The van der Waals surface area contributed by atoms with Gasteiger partial charge in [0.2, 0.25) is 0 Å². The molecule has 2 rings (SSSR count). The maximum Gasteiger partial charge on any atom is 0.127 e. The van der Waals surface area contributed by atoms with E-state index in [9.17, 15) is 0 Å². The second kappa shape index (κ2) is 6.10. The molecule has 1 atom stereocenters. The Kier molecular flexibility index (Phi) is 5.08. The molecular weight excluding hydrogens is 262 g/mol. The van der Waals surface area contributed by atoms with Gasteiger partial charge in [0, 0.05) is 10.0 Å². The van der Waals surface area contributed by atoms with Crippen molar-refractivity contribution in [2.45, 2.75) is 0 Å². The van der Waals surface area contributed by atoms with Crippen LogP contribution in [0.25, 0.3) is 0 Å². The maximum atomic E-state index is 5.76. The monoisotopic (exact) mass is 272 g/mol. The van der Waals surface area contributed by atoms with E-state index in [1.807, 2.05) is 24.3 Å². The number of benzene rings is 2. The zero-order valence-corrected chi connectivity index (χ0v) is 11.4. The van der Waals surface area contributed by atoms with Crippen molar-refractivity contribution in [3.63, 3.8) is 0 Å². The van der Waals surface area contributed by atoms with Gasteiger partial charge in [0.1, 0.15) is 11.5 Å². The third-order valence-corrected chi connectivity index (χ3v) is 2.37. The van der Waals surface area contributed by atoms with Crippen LogP contribution >= 0.6 is 33.1 Å². The normalized spacial score (nSPS) is 9.38. The second-order valence-corrected chi connectivity index (χ2v) is 3.88. The molecule has 0 radical (unpaired) electrons. The van der Waals surface area contributed by atoms with Gasteiger partial charge >= 0.3 is 0 Å². The number of rotatable bonds is 2. The largest absolute Gasteiger partial charge is 0.457 e. The van der Waals surface area contributed by atoms with Gasteiger partial charge < -0.3 is 4.74 Å². The summed E-state index contributed by atoms with van der Waals surface area (Å²) in [7, 11) is 0. The van der Waals surface area contributed by atoms with Gasteiger partial charge in [-0.25, -0.2) is 0 Å². The lowest BCUT2D eigenvalue weighted by molar-refractivity contribution is 0.483. The standard InChI is InChI=1S/C12H8Cl2O.H3P/c13-9-1-5-11(6-2-9)15-12-7-3-10(14)4-8-12;/h1-8H;1H3. The minimum Gasteiger partial charge on any atom is -0.457 e. The number of ether oxygens (including phenoxy) is 1. The van der Waals surface area contributed by atoms with Crippen molar-refractivity contribution >= 4 is 33.1 Å². The molecule has 0 aliphatic heterocycles. The predicted molar refractivity (Wildman–Crippen MR) is 74.1 cm³/mol. The van der Waals surface area contributed by atoms with Crippen LogP contribution in [-0.2, 0) is 0 Å². The number of hydrogen-bond acceptors (Lipinski definition) is 1. The highest BCUT2D eigenvalue weighted by molar-refractivity contribution is 6.92. The van der Waals surface area contributed by atoms with E-state index in [4.69, 9.17) is 27.9 Å². The third kappa shape index (κ3) is 3.68. The van der Waals surface area contributed by atoms with Gasteiger partial charge in [-0.1, -0.05) is 23.2 Å². The third-order valence-electron chi connectivity index (χ3n) is 1.86. The van der Waals surface area contributed by atoms with E-state index in [2.05, 4.69) is 0 Å². The first-order chi connectivity index (χ1) is 7.24. The molecule has 4 heteroatoms. The first-order valence-electron chi connectivity index (χ1n) is 4.43. The van der Waals surface area contributed by atoms with Crippen molar-refractivity contribution in [1.82, 2.24) is 0 Å². The van der Waals surface area contributed by atoms with Gasteiger partial charge in [-0.15, -0.1) is 0 Å². The van der Waals surface area contributed by atoms with Crippen LogP contribution in [-0.4, -0.2) is 0 Å². The van der Waals surface area contributed by atoms with Crippen LogP contribution in [0.4, 0.5) is 0 Å². The molecule has 0 fully saturated rings. The minimum absolute atomic E-state index is 0. The van der Waals surface area contributed by atoms with E-state index in [1.165, 1.54) is 0 Å². The molecular formula is C12H11Cl2OP. The summed E-state index contributed by atoms with van der Waals surface area (Å²) in [6.07, 6.45) is 0. The van der Waals surface area contributed by atoms with Crippen LogP contribution in [0.3, 0.4) is 0 Å². The number of halogens is 2. The lowest BCUT2D eigenvalue weighted by atomic mass is 10.3. The highest BCUT2D eigenvalue weighted by Crippen LogP contribution is 2.24. The van der Waals surface area contributed by atoms with Crippen LogP contribution in [0, 0.1) is 0 Å². The fraction of sp³-hybridized carbons (Fsp3) is 0. The SMILES string of the molecule is Clc1ccc(Oc2ccc(Cl)cc2)cc1.P. The molecule has 0 heterocycles. The molecule has 0 saturated heterocycles. The molecule has 0 bridgehead atoms. The average Bonchev–Trinajstić information content (AvgIpc) is 2.25. The zero-order valence-electron chi connectivity index (χ0n) is 8.49. The summed E-state index contributed by atoms with van der Waals surface area (Å²) < 4.78 is 5.57. The predicted octanol–water partition coefficient (Wildman–Crippen LogP) is 4.84. The van der Waals surface area contributed by atoms with Crippen LogP contribution in [0.2, 0.25) is 10.0 Å². The van der Waals surface area contributed by atoms with Gasteiger partial charge in [0.05, 0.1) is 0 Å². The zero-order chi connectivity index (χ0) is 10.7. The highest BCUT2D eigenvalue weighted by atomic mass is 35.5. The minimum atomic E-state index is 0. The second-order valence-electron chi connectivity index (χ2n) is 3.01. The summed E-state index contributed by atoms with van der Waals surface area (Å²) >= 11 is 11.5. The Morgan fingerprint density at radius 1 is 0.625 bits per heavy atom. The summed E-state index contributed by atoms with van der Waals surface area (Å²) in [5.74, 6) is 1.50. The van der Waals surface area contributed by atoms with Gasteiger partial charge in [-0.3, -0.25) is 0 Å². The smallest absolute Gasteiger partial charge is 0.127 e. The van der Waals surface area contributed by atoms with E-state index in [1.54, 1.807) is 24.3 Å². The van der Waals surface area contributed by atoms with Crippen molar-refractivity contribution in [3.8, 4) is 11.5 Å². The Hall–Kier alpha value is -0.750. The molecule has 0 amide bonds. The highest BCUT2D eigenvalue weighted by Gasteiger charge is 1.96. The van der Waals surface area contributed by atoms with Crippen LogP contribution in [0.1, 0.15) is 0 Å². The van der Waals surface area contributed by atoms with E-state index >= 15 is 0 Å². The van der Waals surface area contributed by atoms with Crippen LogP contribution in [0.15, 0.2) is 48.5 Å². The Morgan fingerprint density at radius 2 is 0.938 bits per heavy atom. The van der Waals surface area contributed by atoms with Crippen molar-refractivity contribution in [3.05, 3.63) is 58.6 Å². The molecule has 2 aromatic carbocycles. The van der Waals surface area contributed by atoms with Gasteiger partial charge in [0.25, 0.3) is 0 Å². The Balaban J connectivity index is 0.00000128. The van der Waals surface area contributed by atoms with Gasteiger partial charge in [-0.05, 0) is 48.5 Å². The summed E-state index contributed by atoms with van der Waals surface area (Å²) in [6, 6.07) is 14.4. The van der Waals surface area contributed by atoms with E-state index < -0.39 is 0 Å². The first kappa shape index (κ1) is 13.3. The molecule has 0 N–H and O–H groups in total. The molecule has 1 nitrogen and oxygen atoms in total. The molecule has 1 unspecified atom stereocenters. The summed E-state index contributed by atoms with van der Waals surface area (Å²) in [4.78, 5) is 0. The fourth-order valence-electron chi connectivity index (χ4n) is 1.14. The summed E-state index contributed by atoms with van der Waals surface area (Å²) in [5, 5.41) is 1.39. The molecule has 0 aliphatic carbocycles. The van der Waals surface area contributed by atoms with Crippen LogP contribution in [0.5, 0.6) is 11.5 Å². The van der Waals surface area contributed by atoms with Crippen molar-refractivity contribution < 1.29 is 4.74 Å². The van der Waals surface area contributed by atoms with E-state index in [0.29, 0.717) is 10.0 Å². The molecule has 0 aliphatic rings.